The number of rotatable bonds is 3. The Morgan fingerprint density at radius 3 is 2.24 bits per heavy atom. The fraction of sp³-hybridized carbons (Fsp3) is 0.0588. The minimum absolute atomic E-state index is 0.205. The molecule has 0 saturated carbocycles. The first-order valence-corrected chi connectivity index (χ1v) is 6.58. The number of carbonyl (C=O) groups is 2. The van der Waals surface area contributed by atoms with Crippen molar-refractivity contribution in [1.82, 2.24) is 4.57 Å². The lowest BCUT2D eigenvalue weighted by atomic mass is 10.0. The number of hydrogen-bond acceptors (Lipinski definition) is 2. The highest BCUT2D eigenvalue weighted by Gasteiger charge is 2.24. The van der Waals surface area contributed by atoms with Crippen molar-refractivity contribution < 1.29 is 9.59 Å². The molecule has 104 valence electrons. The molecule has 0 bridgehead atoms. The third-order valence-corrected chi connectivity index (χ3v) is 3.60. The van der Waals surface area contributed by atoms with Crippen LogP contribution in [0.4, 0.5) is 0 Å². The van der Waals surface area contributed by atoms with Gasteiger partial charge in [-0.2, -0.15) is 0 Å². The highest BCUT2D eigenvalue weighted by atomic mass is 16.1. The Morgan fingerprint density at radius 2 is 1.57 bits per heavy atom. The third kappa shape index (κ3) is 2.01. The van der Waals surface area contributed by atoms with Crippen LogP contribution in [0.5, 0.6) is 0 Å². The molecule has 0 aliphatic carbocycles. The zero-order valence-corrected chi connectivity index (χ0v) is 11.5. The van der Waals surface area contributed by atoms with Crippen molar-refractivity contribution in [2.75, 3.05) is 0 Å². The Hall–Kier alpha value is -2.88. The monoisotopic (exact) mass is 278 g/mol. The molecular weight excluding hydrogens is 264 g/mol. The van der Waals surface area contributed by atoms with Crippen LogP contribution in [0.2, 0.25) is 0 Å². The van der Waals surface area contributed by atoms with Crippen LogP contribution in [-0.2, 0) is 7.05 Å². The molecule has 0 atom stereocenters. The van der Waals surface area contributed by atoms with Gasteiger partial charge in [0.2, 0.25) is 5.78 Å². The number of carbonyl (C=O) groups excluding carboxylic acids is 2. The number of aryl methyl sites for hydroxylation is 1. The molecule has 4 heteroatoms. The van der Waals surface area contributed by atoms with Gasteiger partial charge in [-0.15, -0.1) is 0 Å². The van der Waals surface area contributed by atoms with Gasteiger partial charge >= 0.3 is 0 Å². The molecule has 0 unspecified atom stereocenters. The van der Waals surface area contributed by atoms with E-state index in [1.807, 2.05) is 24.3 Å². The van der Waals surface area contributed by atoms with E-state index in [0.717, 1.165) is 5.52 Å². The summed E-state index contributed by atoms with van der Waals surface area (Å²) >= 11 is 0. The van der Waals surface area contributed by atoms with Crippen molar-refractivity contribution >= 4 is 22.6 Å². The number of para-hydroxylation sites is 1. The summed E-state index contributed by atoms with van der Waals surface area (Å²) in [6, 6.07) is 16.2. The first-order chi connectivity index (χ1) is 10.1. The quantitative estimate of drug-likeness (QED) is 0.748. The number of benzene rings is 2. The molecule has 2 aromatic carbocycles. The summed E-state index contributed by atoms with van der Waals surface area (Å²) in [4.78, 5) is 24.6. The van der Waals surface area contributed by atoms with Gasteiger partial charge < -0.3 is 10.3 Å². The van der Waals surface area contributed by atoms with Crippen molar-refractivity contribution in [1.29, 1.82) is 0 Å². The average Bonchev–Trinajstić information content (AvgIpc) is 2.81. The lowest BCUT2D eigenvalue weighted by Crippen LogP contribution is -2.17. The molecule has 0 aliphatic rings. The van der Waals surface area contributed by atoms with Crippen molar-refractivity contribution in [2.45, 2.75) is 0 Å². The highest BCUT2D eigenvalue weighted by molar-refractivity contribution is 6.20. The summed E-state index contributed by atoms with van der Waals surface area (Å²) in [7, 11) is 1.77. The molecule has 0 aliphatic heterocycles. The topological polar surface area (TPSA) is 65.1 Å². The Bertz CT molecular complexity index is 848. The Kier molecular flexibility index (Phi) is 3.06. The zero-order chi connectivity index (χ0) is 15.0. The van der Waals surface area contributed by atoms with Crippen LogP contribution in [0.3, 0.4) is 0 Å². The lowest BCUT2D eigenvalue weighted by molar-refractivity contribution is 0.0979. The van der Waals surface area contributed by atoms with E-state index >= 15 is 0 Å². The Morgan fingerprint density at radius 1 is 0.952 bits per heavy atom. The van der Waals surface area contributed by atoms with E-state index in [1.54, 1.807) is 41.9 Å². The van der Waals surface area contributed by atoms with E-state index in [0.29, 0.717) is 16.6 Å². The van der Waals surface area contributed by atoms with Crippen LogP contribution in [0.1, 0.15) is 26.4 Å². The number of fused-ring (bicyclic) bond motifs is 1. The molecular formula is C17H14N2O2. The summed E-state index contributed by atoms with van der Waals surface area (Å²) in [5.74, 6) is -0.797. The van der Waals surface area contributed by atoms with Gasteiger partial charge in [-0.3, -0.25) is 9.59 Å². The van der Waals surface area contributed by atoms with Gasteiger partial charge in [0.15, 0.2) is 0 Å². The van der Waals surface area contributed by atoms with Crippen LogP contribution in [0, 0.1) is 0 Å². The predicted octanol–water partition coefficient (Wildman–Crippen LogP) is 2.51. The van der Waals surface area contributed by atoms with Gasteiger partial charge in [0.05, 0.1) is 5.56 Å². The number of hydrogen-bond donors (Lipinski definition) is 1. The number of ketones is 1. The summed E-state index contributed by atoms with van der Waals surface area (Å²) in [5.41, 5.74) is 7.46. The summed E-state index contributed by atoms with van der Waals surface area (Å²) in [5, 5.41) is 0.701. The van der Waals surface area contributed by atoms with Gasteiger partial charge in [0, 0.05) is 23.5 Å². The largest absolute Gasteiger partial charge is 0.366 e. The first-order valence-electron chi connectivity index (χ1n) is 6.58. The van der Waals surface area contributed by atoms with E-state index in [-0.39, 0.29) is 11.3 Å². The maximum atomic E-state index is 12.7. The van der Waals surface area contributed by atoms with Crippen molar-refractivity contribution in [3.05, 3.63) is 71.4 Å². The number of nitrogens with two attached hydrogens (primary N) is 1. The second-order valence-electron chi connectivity index (χ2n) is 4.86. The molecule has 1 heterocycles. The minimum atomic E-state index is -0.592. The van der Waals surface area contributed by atoms with E-state index < -0.39 is 5.91 Å². The van der Waals surface area contributed by atoms with Crippen LogP contribution in [-0.4, -0.2) is 16.3 Å². The second-order valence-corrected chi connectivity index (χ2v) is 4.86. The minimum Gasteiger partial charge on any atom is -0.366 e. The molecule has 4 nitrogen and oxygen atoms in total. The fourth-order valence-corrected chi connectivity index (χ4v) is 2.63. The third-order valence-electron chi connectivity index (χ3n) is 3.60. The van der Waals surface area contributed by atoms with Crippen molar-refractivity contribution in [3.8, 4) is 0 Å². The van der Waals surface area contributed by atoms with E-state index in [1.165, 1.54) is 0 Å². The summed E-state index contributed by atoms with van der Waals surface area (Å²) < 4.78 is 1.73. The van der Waals surface area contributed by atoms with E-state index in [4.69, 9.17) is 5.73 Å². The average molecular weight is 278 g/mol. The first kappa shape index (κ1) is 13.1. The molecule has 0 radical (unpaired) electrons. The SMILES string of the molecule is Cn1c(C(=O)c2ccccc2)c(C(N)=O)c2ccccc21. The fourth-order valence-electron chi connectivity index (χ4n) is 2.63. The van der Waals surface area contributed by atoms with Gasteiger partial charge in [0.25, 0.3) is 5.91 Å². The van der Waals surface area contributed by atoms with Crippen molar-refractivity contribution in [2.24, 2.45) is 12.8 Å². The van der Waals surface area contributed by atoms with E-state index in [2.05, 4.69) is 0 Å². The molecule has 2 N–H and O–H groups in total. The normalized spacial score (nSPS) is 10.7. The highest BCUT2D eigenvalue weighted by Crippen LogP contribution is 2.26. The molecule has 1 amide bonds. The molecule has 1 aromatic heterocycles. The predicted molar refractivity (Wildman–Crippen MR) is 81.3 cm³/mol. The molecule has 21 heavy (non-hydrogen) atoms. The number of nitrogens with zero attached hydrogens (tertiary/aromatic N) is 1. The van der Waals surface area contributed by atoms with Gasteiger partial charge in [-0.1, -0.05) is 48.5 Å². The number of amides is 1. The summed E-state index contributed by atoms with van der Waals surface area (Å²) in [6.07, 6.45) is 0. The summed E-state index contributed by atoms with van der Waals surface area (Å²) in [6.45, 7) is 0. The second kappa shape index (κ2) is 4.90. The van der Waals surface area contributed by atoms with Crippen LogP contribution >= 0.6 is 0 Å². The molecule has 0 fully saturated rings. The maximum Gasteiger partial charge on any atom is 0.251 e. The number of primary amides is 1. The number of aromatic nitrogens is 1. The molecule has 3 rings (SSSR count). The lowest BCUT2D eigenvalue weighted by Gasteiger charge is -2.05. The molecule has 3 aromatic rings. The zero-order valence-electron chi connectivity index (χ0n) is 11.5. The Labute approximate surface area is 121 Å². The van der Waals surface area contributed by atoms with Gasteiger partial charge in [0.1, 0.15) is 5.69 Å². The Balaban J connectivity index is 2.32. The van der Waals surface area contributed by atoms with Crippen LogP contribution in [0.25, 0.3) is 10.9 Å². The van der Waals surface area contributed by atoms with Crippen molar-refractivity contribution in [3.63, 3.8) is 0 Å². The standard InChI is InChI=1S/C17H14N2O2/c1-19-13-10-6-5-9-12(13)14(17(18)21)15(19)16(20)11-7-3-2-4-8-11/h2-10H,1H3,(H2,18,21). The molecule has 0 spiro atoms. The van der Waals surface area contributed by atoms with Crippen LogP contribution in [0.15, 0.2) is 54.6 Å². The van der Waals surface area contributed by atoms with Crippen LogP contribution < -0.4 is 5.73 Å². The van der Waals surface area contributed by atoms with Gasteiger partial charge in [-0.25, -0.2) is 0 Å². The smallest absolute Gasteiger partial charge is 0.251 e. The van der Waals surface area contributed by atoms with Gasteiger partial charge in [-0.05, 0) is 6.07 Å². The maximum absolute atomic E-state index is 12.7. The van der Waals surface area contributed by atoms with E-state index in [9.17, 15) is 9.59 Å². The molecule has 0 saturated heterocycles.